The molecule has 2 aliphatic rings. The van der Waals surface area contributed by atoms with Gasteiger partial charge >= 0.3 is 11.9 Å². The molecule has 2 fully saturated rings. The van der Waals surface area contributed by atoms with Crippen LogP contribution in [0.15, 0.2) is 34.3 Å². The zero-order valence-corrected chi connectivity index (χ0v) is 22.5. The van der Waals surface area contributed by atoms with Crippen molar-refractivity contribution >= 4 is 46.5 Å². The number of ether oxygens (including phenoxy) is 1. The van der Waals surface area contributed by atoms with Gasteiger partial charge in [0.1, 0.15) is 11.1 Å². The molecule has 1 aromatic carbocycles. The standard InChI is InChI=1S/C26H35N5O6S/c1-16-22(25(36)29-15-13-21(34)37-2)38-26(31(16)19-6-3-4-7-19)30-24(35)18-11-9-17(10-12-18)23(27)28-14-5-8-20(32)33/h9-12,16,19,22H,3-8,13-15H2,1-2H3,(H2,27,28)(H,29,36)(H,32,33). The number of esters is 1. The van der Waals surface area contributed by atoms with Crippen molar-refractivity contribution in [1.29, 1.82) is 0 Å². The summed E-state index contributed by atoms with van der Waals surface area (Å²) in [6.45, 7) is 2.45. The number of amidine groups is 2. The van der Waals surface area contributed by atoms with Gasteiger partial charge in [-0.2, -0.15) is 4.99 Å². The van der Waals surface area contributed by atoms with Gasteiger partial charge in [-0.1, -0.05) is 36.7 Å². The molecule has 1 heterocycles. The average molecular weight is 546 g/mol. The van der Waals surface area contributed by atoms with E-state index in [0.29, 0.717) is 29.3 Å². The highest BCUT2D eigenvalue weighted by Crippen LogP contribution is 2.38. The van der Waals surface area contributed by atoms with Gasteiger partial charge in [-0.25, -0.2) is 0 Å². The van der Waals surface area contributed by atoms with E-state index in [1.807, 2.05) is 6.92 Å². The van der Waals surface area contributed by atoms with Crippen LogP contribution in [0.25, 0.3) is 0 Å². The van der Waals surface area contributed by atoms with Crippen LogP contribution in [0, 0.1) is 0 Å². The SMILES string of the molecule is COC(=O)CCNC(=O)C1SC(=NC(=O)c2ccc(C(N)=NCCCC(=O)O)cc2)N(C2CCCC2)C1C. The minimum Gasteiger partial charge on any atom is -0.481 e. The molecule has 1 saturated heterocycles. The maximum absolute atomic E-state index is 13.1. The van der Waals surface area contributed by atoms with E-state index in [0.717, 1.165) is 25.7 Å². The molecule has 1 aliphatic carbocycles. The Kier molecular flexibility index (Phi) is 10.7. The molecule has 206 valence electrons. The lowest BCUT2D eigenvalue weighted by atomic mass is 10.1. The highest BCUT2D eigenvalue weighted by Gasteiger charge is 2.44. The first-order chi connectivity index (χ1) is 18.2. The Balaban J connectivity index is 1.71. The predicted molar refractivity (Wildman–Crippen MR) is 145 cm³/mol. The average Bonchev–Trinajstić information content (AvgIpc) is 3.53. The van der Waals surface area contributed by atoms with E-state index in [9.17, 15) is 19.2 Å². The molecule has 0 bridgehead atoms. The van der Waals surface area contributed by atoms with Gasteiger partial charge in [0.05, 0.1) is 13.5 Å². The van der Waals surface area contributed by atoms with Crippen LogP contribution >= 0.6 is 11.8 Å². The third-order valence-electron chi connectivity index (χ3n) is 6.62. The molecule has 2 atom stereocenters. The molecule has 1 aliphatic heterocycles. The van der Waals surface area contributed by atoms with Crippen LogP contribution in [0.2, 0.25) is 0 Å². The van der Waals surface area contributed by atoms with Gasteiger partial charge in [-0.15, -0.1) is 0 Å². The van der Waals surface area contributed by atoms with E-state index in [1.54, 1.807) is 24.3 Å². The Labute approximate surface area is 226 Å². The summed E-state index contributed by atoms with van der Waals surface area (Å²) < 4.78 is 4.62. The number of rotatable bonds is 11. The smallest absolute Gasteiger partial charge is 0.307 e. The van der Waals surface area contributed by atoms with Crippen molar-refractivity contribution in [2.45, 2.75) is 69.2 Å². The first-order valence-electron chi connectivity index (χ1n) is 12.8. The molecule has 38 heavy (non-hydrogen) atoms. The molecule has 2 unspecified atom stereocenters. The van der Waals surface area contributed by atoms with E-state index < -0.39 is 23.1 Å². The molecule has 0 radical (unpaired) electrons. The number of hydrogen-bond donors (Lipinski definition) is 3. The summed E-state index contributed by atoms with van der Waals surface area (Å²) in [4.78, 5) is 58.7. The molecule has 12 heteroatoms. The predicted octanol–water partition coefficient (Wildman–Crippen LogP) is 2.18. The van der Waals surface area contributed by atoms with Gasteiger partial charge < -0.3 is 25.8 Å². The Morgan fingerprint density at radius 2 is 1.79 bits per heavy atom. The summed E-state index contributed by atoms with van der Waals surface area (Å²) in [6.07, 6.45) is 4.65. The van der Waals surface area contributed by atoms with Crippen molar-refractivity contribution < 1.29 is 29.0 Å². The second kappa shape index (κ2) is 13.9. The van der Waals surface area contributed by atoms with Crippen LogP contribution in [0.1, 0.15) is 67.8 Å². The molecule has 2 amide bonds. The number of nitrogens with two attached hydrogens (primary N) is 1. The zero-order valence-electron chi connectivity index (χ0n) is 21.7. The molecular formula is C26H35N5O6S. The summed E-state index contributed by atoms with van der Waals surface area (Å²) in [7, 11) is 1.31. The fourth-order valence-corrected chi connectivity index (χ4v) is 5.89. The van der Waals surface area contributed by atoms with Crippen LogP contribution in [0.3, 0.4) is 0 Å². The molecule has 11 nitrogen and oxygen atoms in total. The van der Waals surface area contributed by atoms with Crippen molar-refractivity contribution in [3.8, 4) is 0 Å². The van der Waals surface area contributed by atoms with Crippen molar-refractivity contribution in [1.82, 2.24) is 10.2 Å². The van der Waals surface area contributed by atoms with Crippen molar-refractivity contribution in [3.05, 3.63) is 35.4 Å². The number of thioether (sulfide) groups is 1. The molecule has 0 spiro atoms. The number of nitrogens with zero attached hydrogens (tertiary/aromatic N) is 3. The van der Waals surface area contributed by atoms with Crippen molar-refractivity contribution in [3.63, 3.8) is 0 Å². The van der Waals surface area contributed by atoms with E-state index >= 15 is 0 Å². The number of methoxy groups -OCH3 is 1. The molecule has 0 aromatic heterocycles. The number of carbonyl (C=O) groups excluding carboxylic acids is 3. The highest BCUT2D eigenvalue weighted by molar-refractivity contribution is 8.15. The Morgan fingerprint density at radius 1 is 1.13 bits per heavy atom. The lowest BCUT2D eigenvalue weighted by Gasteiger charge is -2.31. The number of amides is 2. The number of nitrogens with one attached hydrogen (secondary N) is 1. The number of carboxylic acids is 1. The fraction of sp³-hybridized carbons (Fsp3) is 0.538. The third kappa shape index (κ3) is 7.80. The largest absolute Gasteiger partial charge is 0.481 e. The minimum absolute atomic E-state index is 0.0229. The van der Waals surface area contributed by atoms with Crippen LogP contribution in [0.4, 0.5) is 0 Å². The second-order valence-electron chi connectivity index (χ2n) is 9.28. The Hall–Kier alpha value is -3.41. The van der Waals surface area contributed by atoms with Gasteiger partial charge in [0.2, 0.25) is 5.91 Å². The van der Waals surface area contributed by atoms with Crippen LogP contribution in [-0.4, -0.2) is 82.3 Å². The maximum atomic E-state index is 13.1. The number of carboxylic acid groups (broad SMARTS) is 1. The van der Waals surface area contributed by atoms with Gasteiger partial charge in [0.15, 0.2) is 5.17 Å². The van der Waals surface area contributed by atoms with E-state index in [-0.39, 0.29) is 43.2 Å². The summed E-state index contributed by atoms with van der Waals surface area (Å²) >= 11 is 1.28. The van der Waals surface area contributed by atoms with E-state index in [4.69, 9.17) is 10.8 Å². The van der Waals surface area contributed by atoms with Gasteiger partial charge in [0.25, 0.3) is 5.91 Å². The number of aliphatic imine (C=N–C) groups is 2. The number of hydrogen-bond acceptors (Lipinski definition) is 7. The van der Waals surface area contributed by atoms with Gasteiger partial charge in [0, 0.05) is 42.7 Å². The first-order valence-corrected chi connectivity index (χ1v) is 13.6. The molecule has 3 rings (SSSR count). The second-order valence-corrected chi connectivity index (χ2v) is 10.4. The summed E-state index contributed by atoms with van der Waals surface area (Å²) in [5.74, 6) is -1.62. The number of benzene rings is 1. The Morgan fingerprint density at radius 3 is 2.42 bits per heavy atom. The van der Waals surface area contributed by atoms with Crippen LogP contribution in [0.5, 0.6) is 0 Å². The van der Waals surface area contributed by atoms with Crippen molar-refractivity contribution in [2.24, 2.45) is 15.7 Å². The quantitative estimate of drug-likeness (QED) is 0.164. The topological polar surface area (TPSA) is 164 Å². The van der Waals surface area contributed by atoms with Crippen molar-refractivity contribution in [2.75, 3.05) is 20.2 Å². The summed E-state index contributed by atoms with van der Waals surface area (Å²) in [5.41, 5.74) is 7.00. The maximum Gasteiger partial charge on any atom is 0.307 e. The summed E-state index contributed by atoms with van der Waals surface area (Å²) in [6, 6.07) is 6.67. The third-order valence-corrected chi connectivity index (χ3v) is 7.99. The summed E-state index contributed by atoms with van der Waals surface area (Å²) in [5, 5.41) is 11.6. The van der Waals surface area contributed by atoms with Gasteiger partial charge in [-0.3, -0.25) is 24.2 Å². The normalized spacial score (nSPS) is 21.1. The first kappa shape index (κ1) is 29.2. The highest BCUT2D eigenvalue weighted by atomic mass is 32.2. The molecule has 4 N–H and O–H groups in total. The number of carbonyl (C=O) groups is 4. The van der Waals surface area contributed by atoms with E-state index in [1.165, 1.54) is 18.9 Å². The number of aliphatic carboxylic acids is 1. The Bertz CT molecular complexity index is 1080. The zero-order chi connectivity index (χ0) is 27.7. The van der Waals surface area contributed by atoms with Crippen LogP contribution < -0.4 is 11.1 Å². The lowest BCUT2D eigenvalue weighted by molar-refractivity contribution is -0.140. The fourth-order valence-electron chi connectivity index (χ4n) is 4.57. The van der Waals surface area contributed by atoms with E-state index in [2.05, 4.69) is 24.9 Å². The monoisotopic (exact) mass is 545 g/mol. The van der Waals surface area contributed by atoms with Crippen LogP contribution in [-0.2, 0) is 19.1 Å². The lowest BCUT2D eigenvalue weighted by Crippen LogP contribution is -2.46. The molecule has 1 aromatic rings. The minimum atomic E-state index is -0.880. The molecule has 1 saturated carbocycles. The molecular weight excluding hydrogens is 510 g/mol. The van der Waals surface area contributed by atoms with Gasteiger partial charge in [-0.05, 0) is 38.3 Å².